The maximum absolute atomic E-state index is 13.0. The molecule has 122 valence electrons. The van der Waals surface area contributed by atoms with Gasteiger partial charge in [0.15, 0.2) is 6.29 Å². The van der Waals surface area contributed by atoms with Gasteiger partial charge < -0.3 is 14.4 Å². The molecule has 0 saturated heterocycles. The zero-order valence-corrected chi connectivity index (χ0v) is 14.1. The lowest BCUT2D eigenvalue weighted by atomic mass is 10.1. The van der Waals surface area contributed by atoms with E-state index in [9.17, 15) is 4.79 Å². The number of amides is 1. The van der Waals surface area contributed by atoms with Gasteiger partial charge in [-0.05, 0) is 37.1 Å². The fourth-order valence-electron chi connectivity index (χ4n) is 2.64. The van der Waals surface area contributed by atoms with E-state index in [1.165, 1.54) is 0 Å². The third kappa shape index (κ3) is 3.97. The Balaban J connectivity index is 2.45. The second-order valence-electron chi connectivity index (χ2n) is 5.42. The predicted molar refractivity (Wildman–Crippen MR) is 91.8 cm³/mol. The monoisotopic (exact) mass is 313 g/mol. The van der Waals surface area contributed by atoms with E-state index in [4.69, 9.17) is 9.47 Å². The van der Waals surface area contributed by atoms with Crippen molar-refractivity contribution in [2.24, 2.45) is 0 Å². The molecule has 0 aromatic heterocycles. The van der Waals surface area contributed by atoms with E-state index in [0.29, 0.717) is 12.1 Å². The summed E-state index contributed by atoms with van der Waals surface area (Å²) in [5, 5.41) is 0. The molecule has 4 nitrogen and oxygen atoms in total. The quantitative estimate of drug-likeness (QED) is 0.765. The minimum Gasteiger partial charge on any atom is -0.354 e. The largest absolute Gasteiger partial charge is 0.354 e. The molecule has 0 saturated carbocycles. The summed E-state index contributed by atoms with van der Waals surface area (Å²) in [7, 11) is 3.15. The predicted octanol–water partition coefficient (Wildman–Crippen LogP) is 3.57. The van der Waals surface area contributed by atoms with Crippen molar-refractivity contribution >= 4 is 11.6 Å². The van der Waals surface area contributed by atoms with Crippen molar-refractivity contribution in [2.75, 3.05) is 25.7 Å². The highest BCUT2D eigenvalue weighted by atomic mass is 16.7. The van der Waals surface area contributed by atoms with Crippen molar-refractivity contribution in [3.63, 3.8) is 0 Å². The molecule has 0 atom stereocenters. The van der Waals surface area contributed by atoms with Crippen LogP contribution in [0.25, 0.3) is 0 Å². The number of hydrogen-bond donors (Lipinski definition) is 0. The normalized spacial score (nSPS) is 10.8. The van der Waals surface area contributed by atoms with Gasteiger partial charge in [-0.1, -0.05) is 36.4 Å². The fraction of sp³-hybridized carbons (Fsp3) is 0.316. The Bertz CT molecular complexity index is 631. The smallest absolute Gasteiger partial charge is 0.258 e. The first-order valence-corrected chi connectivity index (χ1v) is 7.57. The van der Waals surface area contributed by atoms with Gasteiger partial charge in [-0.25, -0.2) is 0 Å². The van der Waals surface area contributed by atoms with E-state index in [0.717, 1.165) is 16.8 Å². The first-order valence-electron chi connectivity index (χ1n) is 7.57. The third-order valence-electron chi connectivity index (χ3n) is 3.83. The summed E-state index contributed by atoms with van der Waals surface area (Å²) in [5.74, 6) is -0.0675. The lowest BCUT2D eigenvalue weighted by Gasteiger charge is -2.29. The van der Waals surface area contributed by atoms with Crippen LogP contribution in [0.5, 0.6) is 0 Å². The molecule has 2 aromatic rings. The topological polar surface area (TPSA) is 38.8 Å². The van der Waals surface area contributed by atoms with Gasteiger partial charge in [0.2, 0.25) is 0 Å². The maximum Gasteiger partial charge on any atom is 0.258 e. The van der Waals surface area contributed by atoms with Crippen LogP contribution in [0.4, 0.5) is 5.69 Å². The van der Waals surface area contributed by atoms with Crippen molar-refractivity contribution in [3.05, 3.63) is 65.2 Å². The van der Waals surface area contributed by atoms with Crippen LogP contribution in [0.3, 0.4) is 0 Å². The molecule has 0 fully saturated rings. The van der Waals surface area contributed by atoms with Crippen LogP contribution in [-0.2, 0) is 9.47 Å². The average Bonchev–Trinajstić information content (AvgIpc) is 2.58. The Hall–Kier alpha value is -2.17. The number of carbonyl (C=O) groups excluding carboxylic acids is 1. The van der Waals surface area contributed by atoms with Crippen LogP contribution in [-0.4, -0.2) is 33.0 Å². The Kier molecular flexibility index (Phi) is 5.90. The summed E-state index contributed by atoms with van der Waals surface area (Å²) in [6, 6.07) is 15.2. The summed E-state index contributed by atoms with van der Waals surface area (Å²) in [6.45, 7) is 4.33. The number of nitrogens with zero attached hydrogens (tertiary/aromatic N) is 1. The van der Waals surface area contributed by atoms with Gasteiger partial charge >= 0.3 is 0 Å². The lowest BCUT2D eigenvalue weighted by Crippen LogP contribution is -2.40. The van der Waals surface area contributed by atoms with Crippen molar-refractivity contribution < 1.29 is 14.3 Å². The zero-order valence-electron chi connectivity index (χ0n) is 14.1. The van der Waals surface area contributed by atoms with E-state index in [-0.39, 0.29) is 5.91 Å². The second kappa shape index (κ2) is 7.90. The summed E-state index contributed by atoms with van der Waals surface area (Å²) >= 11 is 0. The number of anilines is 1. The van der Waals surface area contributed by atoms with E-state index in [2.05, 4.69) is 0 Å². The number of methoxy groups -OCH3 is 2. The summed E-state index contributed by atoms with van der Waals surface area (Å²) < 4.78 is 10.6. The SMILES string of the molecule is COC(CN(C(=O)c1ccccc1)c1c(C)cccc1C)OC. The van der Waals surface area contributed by atoms with E-state index in [1.54, 1.807) is 19.1 Å². The molecule has 0 aliphatic heterocycles. The molecule has 0 unspecified atom stereocenters. The highest BCUT2D eigenvalue weighted by Gasteiger charge is 2.24. The van der Waals surface area contributed by atoms with Gasteiger partial charge in [0.1, 0.15) is 0 Å². The van der Waals surface area contributed by atoms with Crippen molar-refractivity contribution in [3.8, 4) is 0 Å². The van der Waals surface area contributed by atoms with Gasteiger partial charge in [0, 0.05) is 25.5 Å². The Morgan fingerprint density at radius 1 is 0.957 bits per heavy atom. The summed E-state index contributed by atoms with van der Waals surface area (Å²) in [6.07, 6.45) is -0.485. The molecule has 2 rings (SSSR count). The molecule has 2 aromatic carbocycles. The van der Waals surface area contributed by atoms with Crippen LogP contribution in [0, 0.1) is 13.8 Å². The molecule has 0 aliphatic rings. The van der Waals surface area contributed by atoms with Crippen LogP contribution >= 0.6 is 0 Å². The number of aryl methyl sites for hydroxylation is 2. The van der Waals surface area contributed by atoms with E-state index < -0.39 is 6.29 Å². The highest BCUT2D eigenvalue weighted by Crippen LogP contribution is 2.26. The molecule has 23 heavy (non-hydrogen) atoms. The maximum atomic E-state index is 13.0. The van der Waals surface area contributed by atoms with Crippen molar-refractivity contribution in [1.82, 2.24) is 0 Å². The minimum atomic E-state index is -0.485. The van der Waals surface area contributed by atoms with Crippen molar-refractivity contribution in [1.29, 1.82) is 0 Å². The Labute approximate surface area is 137 Å². The number of benzene rings is 2. The number of rotatable bonds is 6. The first-order chi connectivity index (χ1) is 11.1. The molecule has 0 N–H and O–H groups in total. The van der Waals surface area contributed by atoms with Crippen LogP contribution in [0.15, 0.2) is 48.5 Å². The van der Waals surface area contributed by atoms with Crippen molar-refractivity contribution in [2.45, 2.75) is 20.1 Å². The first kappa shape index (κ1) is 17.2. The molecule has 0 spiro atoms. The van der Waals surface area contributed by atoms with Crippen LogP contribution in [0.1, 0.15) is 21.5 Å². The minimum absolute atomic E-state index is 0.0675. The number of ether oxygens (including phenoxy) is 2. The van der Waals surface area contributed by atoms with E-state index in [1.807, 2.05) is 62.4 Å². The fourth-order valence-corrected chi connectivity index (χ4v) is 2.64. The Morgan fingerprint density at radius 3 is 2.04 bits per heavy atom. The van der Waals surface area contributed by atoms with E-state index >= 15 is 0 Å². The number of para-hydroxylation sites is 1. The highest BCUT2D eigenvalue weighted by molar-refractivity contribution is 6.06. The zero-order chi connectivity index (χ0) is 16.8. The average molecular weight is 313 g/mol. The molecule has 1 amide bonds. The second-order valence-corrected chi connectivity index (χ2v) is 5.42. The molecule has 4 heteroatoms. The summed E-state index contributed by atoms with van der Waals surface area (Å²) in [5.41, 5.74) is 3.63. The number of carbonyl (C=O) groups is 1. The van der Waals surface area contributed by atoms with Crippen LogP contribution < -0.4 is 4.90 Å². The molecule has 0 bridgehead atoms. The summed E-state index contributed by atoms with van der Waals surface area (Å²) in [4.78, 5) is 14.8. The van der Waals surface area contributed by atoms with Gasteiger partial charge in [0.05, 0.1) is 6.54 Å². The molecular formula is C19H23NO3. The third-order valence-corrected chi connectivity index (χ3v) is 3.83. The number of hydrogen-bond acceptors (Lipinski definition) is 3. The van der Waals surface area contributed by atoms with Crippen LogP contribution in [0.2, 0.25) is 0 Å². The molecular weight excluding hydrogens is 290 g/mol. The lowest BCUT2D eigenvalue weighted by molar-refractivity contribution is -0.0942. The Morgan fingerprint density at radius 2 is 1.52 bits per heavy atom. The molecule has 0 heterocycles. The van der Waals surface area contributed by atoms with Gasteiger partial charge in [-0.3, -0.25) is 4.79 Å². The van der Waals surface area contributed by atoms with Gasteiger partial charge in [-0.15, -0.1) is 0 Å². The van der Waals surface area contributed by atoms with Gasteiger partial charge in [-0.2, -0.15) is 0 Å². The standard InChI is InChI=1S/C19H23NO3/c1-14-9-8-10-15(2)18(14)20(13-17(22-3)23-4)19(21)16-11-6-5-7-12-16/h5-12,17H,13H2,1-4H3. The van der Waals surface area contributed by atoms with Gasteiger partial charge in [0.25, 0.3) is 5.91 Å². The molecule has 0 aliphatic carbocycles. The molecule has 0 radical (unpaired) electrons.